The van der Waals surface area contributed by atoms with Gasteiger partial charge in [0.1, 0.15) is 5.75 Å². The summed E-state index contributed by atoms with van der Waals surface area (Å²) in [6, 6.07) is 14.0. The average Bonchev–Trinajstić information content (AvgIpc) is 3.31. The van der Waals surface area contributed by atoms with Crippen molar-refractivity contribution < 1.29 is 9.53 Å². The van der Waals surface area contributed by atoms with E-state index in [1.165, 1.54) is 62.7 Å². The molecule has 1 N–H and O–H groups in total. The smallest absolute Gasteiger partial charge is 0.255 e. The molecule has 0 unspecified atom stereocenters. The number of halogens is 1. The molecule has 1 amide bonds. The first-order chi connectivity index (χ1) is 18.8. The van der Waals surface area contributed by atoms with Crippen LogP contribution < -0.4 is 10.1 Å². The first-order valence-corrected chi connectivity index (χ1v) is 16.0. The van der Waals surface area contributed by atoms with Gasteiger partial charge in [0.2, 0.25) is 0 Å². The van der Waals surface area contributed by atoms with Crippen LogP contribution >= 0.6 is 28.7 Å². The lowest BCUT2D eigenvalue weighted by Gasteiger charge is -2.24. The summed E-state index contributed by atoms with van der Waals surface area (Å²) in [7, 11) is 0. The van der Waals surface area contributed by atoms with Gasteiger partial charge < -0.3 is 15.0 Å². The normalized spacial score (nSPS) is 13.1. The molecule has 40 heavy (non-hydrogen) atoms. The largest absolute Gasteiger partial charge is 0.493 e. The highest BCUT2D eigenvalue weighted by Crippen LogP contribution is 2.34. The average molecular weight is 632 g/mol. The van der Waals surface area contributed by atoms with Crippen LogP contribution in [0.1, 0.15) is 120 Å². The highest BCUT2D eigenvalue weighted by Gasteiger charge is 2.20. The predicted molar refractivity (Wildman–Crippen MR) is 179 cm³/mol. The molecule has 0 saturated heterocycles. The van der Waals surface area contributed by atoms with Crippen molar-refractivity contribution in [3.8, 4) is 5.75 Å². The van der Waals surface area contributed by atoms with E-state index < -0.39 is 0 Å². The molecule has 222 valence electrons. The summed E-state index contributed by atoms with van der Waals surface area (Å²) in [6.07, 6.45) is 15.4. The van der Waals surface area contributed by atoms with E-state index in [-0.39, 0.29) is 28.3 Å². The van der Waals surface area contributed by atoms with E-state index in [2.05, 4.69) is 63.2 Å². The maximum absolute atomic E-state index is 13.1. The zero-order valence-corrected chi connectivity index (χ0v) is 27.9. The number of amides is 1. The number of rotatable bonds is 16. The van der Waals surface area contributed by atoms with Gasteiger partial charge in [-0.15, -0.1) is 28.7 Å². The van der Waals surface area contributed by atoms with Crippen LogP contribution in [0.15, 0.2) is 53.6 Å². The Morgan fingerprint density at radius 3 is 2.25 bits per heavy atom. The SMILES string of the molecule is Br.CCCCCCCCCCCCOc1ccc(NC(=O)c2cccc(CN3C=C(C)SC3)c2)cc1C(C)(C)C. The van der Waals surface area contributed by atoms with E-state index in [1.54, 1.807) is 0 Å². The Labute approximate surface area is 258 Å². The van der Waals surface area contributed by atoms with Crippen molar-refractivity contribution in [2.45, 2.75) is 111 Å². The number of nitrogens with one attached hydrogen (secondary N) is 1. The number of anilines is 1. The maximum atomic E-state index is 13.1. The van der Waals surface area contributed by atoms with Crippen LogP contribution in [-0.4, -0.2) is 23.3 Å². The number of ether oxygens (including phenoxy) is 1. The molecule has 1 aliphatic heterocycles. The second kappa shape index (κ2) is 17.8. The number of carbonyl (C=O) groups excluding carboxylic acids is 1. The number of thioether (sulfide) groups is 1. The second-order valence-electron chi connectivity index (χ2n) is 11.9. The van der Waals surface area contributed by atoms with Gasteiger partial charge in [0.05, 0.1) is 12.5 Å². The number of allylic oxidation sites excluding steroid dienone is 1. The zero-order chi connectivity index (χ0) is 28.1. The molecule has 3 rings (SSSR count). The fourth-order valence-corrected chi connectivity index (χ4v) is 5.71. The molecule has 6 heteroatoms. The fraction of sp³-hybridized carbons (Fsp3) is 0.559. The number of hydrogen-bond acceptors (Lipinski definition) is 4. The van der Waals surface area contributed by atoms with Gasteiger partial charge in [-0.1, -0.05) is 97.6 Å². The van der Waals surface area contributed by atoms with Crippen molar-refractivity contribution in [1.29, 1.82) is 0 Å². The van der Waals surface area contributed by atoms with E-state index in [1.807, 2.05) is 42.1 Å². The van der Waals surface area contributed by atoms with Gasteiger partial charge in [0.15, 0.2) is 0 Å². The summed E-state index contributed by atoms with van der Waals surface area (Å²) < 4.78 is 6.24. The van der Waals surface area contributed by atoms with Crippen LogP contribution in [0.2, 0.25) is 0 Å². The molecule has 0 radical (unpaired) electrons. The molecule has 0 atom stereocenters. The molecule has 1 aliphatic rings. The monoisotopic (exact) mass is 630 g/mol. The molecule has 0 aromatic heterocycles. The highest BCUT2D eigenvalue weighted by molar-refractivity contribution is 8.93. The van der Waals surface area contributed by atoms with Gasteiger partial charge in [0.25, 0.3) is 5.91 Å². The lowest BCUT2D eigenvalue weighted by molar-refractivity contribution is 0.102. The van der Waals surface area contributed by atoms with Gasteiger partial charge in [0, 0.05) is 29.6 Å². The summed E-state index contributed by atoms with van der Waals surface area (Å²) in [5.74, 6) is 1.80. The Kier molecular flexibility index (Phi) is 15.3. The number of benzene rings is 2. The van der Waals surface area contributed by atoms with Crippen molar-refractivity contribution in [2.75, 3.05) is 17.8 Å². The molecule has 0 fully saturated rings. The van der Waals surface area contributed by atoms with Crippen LogP contribution in [-0.2, 0) is 12.0 Å². The summed E-state index contributed by atoms with van der Waals surface area (Å²) in [4.78, 5) is 16.7. The molecular formula is C34H51BrN2O2S. The molecule has 0 saturated carbocycles. The number of carbonyl (C=O) groups is 1. The lowest BCUT2D eigenvalue weighted by Crippen LogP contribution is -2.17. The van der Waals surface area contributed by atoms with Gasteiger partial charge in [-0.3, -0.25) is 4.79 Å². The van der Waals surface area contributed by atoms with E-state index in [0.717, 1.165) is 48.0 Å². The van der Waals surface area contributed by atoms with Gasteiger partial charge in [-0.2, -0.15) is 0 Å². The molecule has 2 aromatic rings. The van der Waals surface area contributed by atoms with Crippen molar-refractivity contribution in [3.05, 3.63) is 70.3 Å². The first kappa shape index (κ1) is 34.3. The van der Waals surface area contributed by atoms with Gasteiger partial charge in [-0.25, -0.2) is 0 Å². The Bertz CT molecular complexity index is 1080. The van der Waals surface area contributed by atoms with Crippen molar-refractivity contribution in [3.63, 3.8) is 0 Å². The number of unbranched alkanes of at least 4 members (excludes halogenated alkanes) is 9. The van der Waals surface area contributed by atoms with Crippen LogP contribution in [0, 0.1) is 0 Å². The minimum atomic E-state index is -0.0901. The van der Waals surface area contributed by atoms with E-state index in [0.29, 0.717) is 5.56 Å². The summed E-state index contributed by atoms with van der Waals surface area (Å²) >= 11 is 1.85. The number of hydrogen-bond donors (Lipinski definition) is 1. The minimum Gasteiger partial charge on any atom is -0.493 e. The van der Waals surface area contributed by atoms with Crippen LogP contribution in [0.3, 0.4) is 0 Å². The molecule has 4 nitrogen and oxygen atoms in total. The van der Waals surface area contributed by atoms with Crippen LogP contribution in [0.5, 0.6) is 5.75 Å². The topological polar surface area (TPSA) is 41.6 Å². The van der Waals surface area contributed by atoms with Crippen molar-refractivity contribution >= 4 is 40.3 Å². The summed E-state index contributed by atoms with van der Waals surface area (Å²) in [6.45, 7) is 12.5. The molecular weight excluding hydrogens is 580 g/mol. The van der Waals surface area contributed by atoms with E-state index >= 15 is 0 Å². The molecule has 2 aromatic carbocycles. The number of nitrogens with zero attached hydrogens (tertiary/aromatic N) is 1. The Balaban J connectivity index is 0.00000560. The summed E-state index contributed by atoms with van der Waals surface area (Å²) in [5.41, 5.74) is 3.65. The summed E-state index contributed by atoms with van der Waals surface area (Å²) in [5, 5.41) is 3.11. The van der Waals surface area contributed by atoms with Crippen LogP contribution in [0.25, 0.3) is 0 Å². The van der Waals surface area contributed by atoms with Gasteiger partial charge in [-0.05, 0) is 59.6 Å². The maximum Gasteiger partial charge on any atom is 0.255 e. The predicted octanol–water partition coefficient (Wildman–Crippen LogP) is 10.5. The van der Waals surface area contributed by atoms with E-state index in [9.17, 15) is 4.79 Å². The fourth-order valence-electron chi connectivity index (χ4n) is 4.95. The lowest BCUT2D eigenvalue weighted by atomic mass is 9.86. The van der Waals surface area contributed by atoms with Crippen molar-refractivity contribution in [2.24, 2.45) is 0 Å². The Hall–Kier alpha value is -1.92. The van der Waals surface area contributed by atoms with Crippen LogP contribution in [0.4, 0.5) is 5.69 Å². The first-order valence-electron chi connectivity index (χ1n) is 15.0. The quantitative estimate of drug-likeness (QED) is 0.187. The third-order valence-electron chi connectivity index (χ3n) is 7.20. The van der Waals surface area contributed by atoms with Gasteiger partial charge >= 0.3 is 0 Å². The van der Waals surface area contributed by atoms with Crippen molar-refractivity contribution in [1.82, 2.24) is 4.90 Å². The third-order valence-corrected chi connectivity index (χ3v) is 8.22. The van der Waals surface area contributed by atoms with E-state index in [4.69, 9.17) is 4.74 Å². The molecule has 0 aliphatic carbocycles. The zero-order valence-electron chi connectivity index (χ0n) is 25.4. The molecule has 0 spiro atoms. The highest BCUT2D eigenvalue weighted by atomic mass is 79.9. The minimum absolute atomic E-state index is 0. The molecule has 1 heterocycles. The molecule has 0 bridgehead atoms. The second-order valence-corrected chi connectivity index (χ2v) is 13.1. The third kappa shape index (κ3) is 11.9. The Morgan fingerprint density at radius 1 is 0.950 bits per heavy atom. The standard InChI is InChI=1S/C34H50N2O2S.BrH/c1-6-7-8-9-10-11-12-13-14-15-21-38-32-20-19-30(23-31(32)34(3,4)5)35-33(37)29-18-16-17-28(22-29)25-36-24-27(2)39-26-36;/h16-20,22-24H,6-15,21,25-26H2,1-5H3,(H,35,37);1H. The Morgan fingerprint density at radius 2 is 1.62 bits per heavy atom.